The summed E-state index contributed by atoms with van der Waals surface area (Å²) in [7, 11) is 0. The van der Waals surface area contributed by atoms with E-state index < -0.39 is 29.2 Å². The Morgan fingerprint density at radius 2 is 0.787 bits per heavy atom. The minimum absolute atomic E-state index is 0.0934. The van der Waals surface area contributed by atoms with Gasteiger partial charge in [-0.1, -0.05) is 74.1 Å². The molecular weight excluding hydrogens is 777 g/mol. The van der Waals surface area contributed by atoms with Gasteiger partial charge in [0.05, 0.1) is 0 Å². The van der Waals surface area contributed by atoms with Gasteiger partial charge in [-0.3, -0.25) is 28.8 Å². The maximum atomic E-state index is 14.0. The van der Waals surface area contributed by atoms with Crippen molar-refractivity contribution in [1.82, 2.24) is 30.7 Å². The number of aliphatic hydroxyl groups excluding tert-OH is 2. The molecule has 0 aromatic rings. The maximum absolute atomic E-state index is 14.0. The van der Waals surface area contributed by atoms with E-state index in [9.17, 15) is 39.0 Å². The van der Waals surface area contributed by atoms with E-state index in [1.807, 2.05) is 90.0 Å². The molecular formula is C47H90N6O8. The number of rotatable bonds is 31. The fraction of sp³-hybridized carbons (Fsp3) is 0.872. The number of hydrogen-bond donors (Lipinski definition) is 5. The second-order valence-corrected chi connectivity index (χ2v) is 19.8. The van der Waals surface area contributed by atoms with Gasteiger partial charge in [-0.05, 0) is 104 Å². The van der Waals surface area contributed by atoms with Gasteiger partial charge >= 0.3 is 0 Å². The lowest BCUT2D eigenvalue weighted by atomic mass is 9.97. The Balaban J connectivity index is 6.07. The summed E-state index contributed by atoms with van der Waals surface area (Å²) >= 11 is 0. The standard InChI is InChI=1S/C47H90N6O8/c1-14-25-37(56)53(31-24-27-39(58)52(30-20-16-18-22-33-55)42(36(6)7)45(61)50-47(11,12)13)40(34(2)3)43(59)48-28-23-26-38(57)51(29-19-15-17-21-32-54)41(35(4)5)44(60)49-46(8,9)10/h34-36,40-42,54-55H,14-33H2,1-13H3,(H,48,59)(H,49,60)(H,50,61). The van der Waals surface area contributed by atoms with Crippen molar-refractivity contribution in [1.29, 1.82) is 0 Å². The third-order valence-corrected chi connectivity index (χ3v) is 10.4. The Hall–Kier alpha value is -3.26. The molecule has 3 unspecified atom stereocenters. The van der Waals surface area contributed by atoms with E-state index in [1.54, 1.807) is 14.7 Å². The molecule has 3 atom stereocenters. The average Bonchev–Trinajstić information content (AvgIpc) is 3.12. The minimum Gasteiger partial charge on any atom is -0.396 e. The molecule has 0 spiro atoms. The zero-order chi connectivity index (χ0) is 46.9. The predicted octanol–water partition coefficient (Wildman–Crippen LogP) is 5.96. The summed E-state index contributed by atoms with van der Waals surface area (Å²) in [5.41, 5.74) is -0.952. The summed E-state index contributed by atoms with van der Waals surface area (Å²) in [5, 5.41) is 27.5. The molecule has 5 N–H and O–H groups in total. The van der Waals surface area contributed by atoms with E-state index in [0.717, 1.165) is 25.7 Å². The summed E-state index contributed by atoms with van der Waals surface area (Å²) in [4.78, 5) is 87.4. The lowest BCUT2D eigenvalue weighted by Crippen LogP contribution is -2.56. The smallest absolute Gasteiger partial charge is 0.243 e. The van der Waals surface area contributed by atoms with Crippen molar-refractivity contribution < 1.29 is 39.0 Å². The Morgan fingerprint density at radius 3 is 1.13 bits per heavy atom. The summed E-state index contributed by atoms with van der Waals surface area (Å²) < 4.78 is 0. The number of unbranched alkanes of at least 4 members (excludes halogenated alkanes) is 6. The summed E-state index contributed by atoms with van der Waals surface area (Å²) in [6.45, 7) is 26.3. The molecule has 356 valence electrons. The Kier molecular flexibility index (Phi) is 28.3. The van der Waals surface area contributed by atoms with Crippen LogP contribution in [0.15, 0.2) is 0 Å². The van der Waals surface area contributed by atoms with Crippen LogP contribution in [0, 0.1) is 17.8 Å². The van der Waals surface area contributed by atoms with E-state index in [4.69, 9.17) is 0 Å². The molecule has 0 aliphatic heterocycles. The van der Waals surface area contributed by atoms with Gasteiger partial charge in [0.25, 0.3) is 0 Å². The second kappa shape index (κ2) is 29.9. The molecule has 0 saturated heterocycles. The van der Waals surface area contributed by atoms with Gasteiger partial charge in [-0.2, -0.15) is 0 Å². The van der Waals surface area contributed by atoms with Crippen molar-refractivity contribution >= 4 is 35.4 Å². The van der Waals surface area contributed by atoms with Gasteiger partial charge in [0.1, 0.15) is 18.1 Å². The monoisotopic (exact) mass is 867 g/mol. The molecule has 14 nitrogen and oxygen atoms in total. The largest absolute Gasteiger partial charge is 0.396 e. The number of nitrogens with zero attached hydrogens (tertiary/aromatic N) is 3. The fourth-order valence-corrected chi connectivity index (χ4v) is 7.65. The number of carbonyl (C=O) groups excluding carboxylic acids is 6. The average molecular weight is 867 g/mol. The first-order valence-corrected chi connectivity index (χ1v) is 23.5. The van der Waals surface area contributed by atoms with Gasteiger partial charge in [0.15, 0.2) is 0 Å². The van der Waals surface area contributed by atoms with Gasteiger partial charge in [0.2, 0.25) is 35.4 Å². The first-order valence-electron chi connectivity index (χ1n) is 23.5. The number of nitrogens with one attached hydrogen (secondary N) is 3. The summed E-state index contributed by atoms with van der Waals surface area (Å²) in [6.07, 6.45) is 7.75. The number of amides is 6. The molecule has 0 rings (SSSR count). The highest BCUT2D eigenvalue weighted by Crippen LogP contribution is 2.21. The van der Waals surface area contributed by atoms with Crippen molar-refractivity contribution in [2.45, 2.75) is 209 Å². The normalized spacial score (nSPS) is 13.5. The third kappa shape index (κ3) is 23.7. The third-order valence-electron chi connectivity index (χ3n) is 10.4. The zero-order valence-electron chi connectivity index (χ0n) is 40.8. The first-order chi connectivity index (χ1) is 28.4. The van der Waals surface area contributed by atoms with Crippen LogP contribution >= 0.6 is 0 Å². The van der Waals surface area contributed by atoms with Crippen LogP contribution in [0.25, 0.3) is 0 Å². The molecule has 0 aromatic heterocycles. The van der Waals surface area contributed by atoms with Crippen molar-refractivity contribution in [3.63, 3.8) is 0 Å². The molecule has 0 aliphatic carbocycles. The van der Waals surface area contributed by atoms with Crippen LogP contribution in [0.4, 0.5) is 0 Å². The van der Waals surface area contributed by atoms with E-state index in [2.05, 4.69) is 16.0 Å². The molecule has 0 fully saturated rings. The molecule has 0 aliphatic rings. The fourth-order valence-electron chi connectivity index (χ4n) is 7.65. The quantitative estimate of drug-likeness (QED) is 0.0528. The molecule has 0 saturated carbocycles. The highest BCUT2D eigenvalue weighted by atomic mass is 16.3. The van der Waals surface area contributed by atoms with Gasteiger partial charge in [-0.15, -0.1) is 0 Å². The van der Waals surface area contributed by atoms with Crippen LogP contribution in [0.5, 0.6) is 0 Å². The lowest BCUT2D eigenvalue weighted by molar-refractivity contribution is -0.144. The molecule has 0 heterocycles. The van der Waals surface area contributed by atoms with E-state index in [0.29, 0.717) is 58.0 Å². The van der Waals surface area contributed by atoms with E-state index >= 15 is 0 Å². The van der Waals surface area contributed by atoms with Crippen molar-refractivity contribution in [2.24, 2.45) is 17.8 Å². The van der Waals surface area contributed by atoms with Crippen LogP contribution in [-0.2, 0) is 28.8 Å². The lowest BCUT2D eigenvalue weighted by Gasteiger charge is -2.36. The Labute approximate surface area is 370 Å². The van der Waals surface area contributed by atoms with Crippen LogP contribution in [0.1, 0.15) is 180 Å². The van der Waals surface area contributed by atoms with Crippen LogP contribution in [-0.4, -0.2) is 129 Å². The molecule has 61 heavy (non-hydrogen) atoms. The van der Waals surface area contributed by atoms with Crippen LogP contribution in [0.2, 0.25) is 0 Å². The molecule has 0 bridgehead atoms. The van der Waals surface area contributed by atoms with Crippen LogP contribution < -0.4 is 16.0 Å². The zero-order valence-corrected chi connectivity index (χ0v) is 40.8. The van der Waals surface area contributed by atoms with E-state index in [-0.39, 0.29) is 98.8 Å². The van der Waals surface area contributed by atoms with Crippen molar-refractivity contribution in [3.05, 3.63) is 0 Å². The Bertz CT molecular complexity index is 1310. The predicted molar refractivity (Wildman–Crippen MR) is 244 cm³/mol. The van der Waals surface area contributed by atoms with E-state index in [1.165, 1.54) is 0 Å². The van der Waals surface area contributed by atoms with Crippen LogP contribution in [0.3, 0.4) is 0 Å². The summed E-state index contributed by atoms with van der Waals surface area (Å²) in [6, 6.07) is -2.13. The SMILES string of the molecule is CCCC(=O)N(CCCC(=O)N(CCCCCCO)C(C(=O)NC(C)(C)C)C(C)C)C(C(=O)NCCCC(=O)N(CCCCCCO)C(C(=O)NC(C)(C)C)C(C)C)C(C)C. The topological polar surface area (TPSA) is 189 Å². The number of hydrogen-bond acceptors (Lipinski definition) is 8. The van der Waals surface area contributed by atoms with Gasteiger partial charge in [0, 0.05) is 69.7 Å². The highest BCUT2D eigenvalue weighted by molar-refractivity contribution is 5.90. The van der Waals surface area contributed by atoms with Gasteiger partial charge in [-0.25, -0.2) is 0 Å². The minimum atomic E-state index is -0.796. The maximum Gasteiger partial charge on any atom is 0.243 e. The first kappa shape index (κ1) is 57.7. The number of carbonyl (C=O) groups is 6. The highest BCUT2D eigenvalue weighted by Gasteiger charge is 2.36. The number of aliphatic hydroxyl groups is 2. The van der Waals surface area contributed by atoms with Crippen molar-refractivity contribution in [2.75, 3.05) is 39.4 Å². The molecule has 0 aromatic carbocycles. The molecule has 14 heteroatoms. The van der Waals surface area contributed by atoms with Gasteiger partial charge < -0.3 is 40.9 Å². The molecule has 6 amide bonds. The summed E-state index contributed by atoms with van der Waals surface area (Å²) in [5.74, 6) is -1.79. The molecule has 0 radical (unpaired) electrons. The second-order valence-electron chi connectivity index (χ2n) is 19.8. The van der Waals surface area contributed by atoms with Crippen molar-refractivity contribution in [3.8, 4) is 0 Å². The Morgan fingerprint density at radius 1 is 0.459 bits per heavy atom.